The van der Waals surface area contributed by atoms with Crippen molar-refractivity contribution in [2.45, 2.75) is 58.9 Å². The van der Waals surface area contributed by atoms with E-state index in [1.54, 1.807) is 0 Å². The number of aromatic nitrogens is 3. The molecule has 0 aromatic carbocycles. The molecule has 0 bridgehead atoms. The van der Waals surface area contributed by atoms with E-state index in [0.29, 0.717) is 11.2 Å². The standard InChI is InChI=1S/C11H20ClN3/c1-6-11(5,7-2)15-9(8(3)4)13-14-10(15)12/h8H,6-7H2,1-5H3. The molecular weight excluding hydrogens is 210 g/mol. The second-order valence-electron chi connectivity index (χ2n) is 4.52. The van der Waals surface area contributed by atoms with Crippen LogP contribution in [0.5, 0.6) is 0 Å². The second kappa shape index (κ2) is 4.52. The molecule has 1 heterocycles. The van der Waals surface area contributed by atoms with Crippen molar-refractivity contribution >= 4 is 11.6 Å². The molecule has 0 radical (unpaired) electrons. The third-order valence-electron chi connectivity index (χ3n) is 3.23. The van der Waals surface area contributed by atoms with E-state index in [1.165, 1.54) is 0 Å². The molecule has 0 atom stereocenters. The first kappa shape index (κ1) is 12.5. The summed E-state index contributed by atoms with van der Waals surface area (Å²) < 4.78 is 2.08. The van der Waals surface area contributed by atoms with Crippen LogP contribution in [0.15, 0.2) is 0 Å². The summed E-state index contributed by atoms with van der Waals surface area (Å²) in [5.74, 6) is 1.33. The van der Waals surface area contributed by atoms with Gasteiger partial charge in [-0.1, -0.05) is 27.7 Å². The normalized spacial score (nSPS) is 12.5. The van der Waals surface area contributed by atoms with E-state index in [-0.39, 0.29) is 5.54 Å². The fourth-order valence-electron chi connectivity index (χ4n) is 1.72. The minimum Gasteiger partial charge on any atom is -0.296 e. The number of hydrogen-bond donors (Lipinski definition) is 0. The van der Waals surface area contributed by atoms with E-state index in [9.17, 15) is 0 Å². The second-order valence-corrected chi connectivity index (χ2v) is 4.86. The van der Waals surface area contributed by atoms with Gasteiger partial charge in [-0.05, 0) is 31.4 Å². The average molecular weight is 230 g/mol. The largest absolute Gasteiger partial charge is 0.296 e. The lowest BCUT2D eigenvalue weighted by Gasteiger charge is -2.31. The molecule has 0 saturated carbocycles. The summed E-state index contributed by atoms with van der Waals surface area (Å²) in [6.45, 7) is 10.8. The number of hydrogen-bond acceptors (Lipinski definition) is 2. The molecular formula is C11H20ClN3. The fraction of sp³-hybridized carbons (Fsp3) is 0.818. The molecule has 0 N–H and O–H groups in total. The highest BCUT2D eigenvalue weighted by molar-refractivity contribution is 6.28. The van der Waals surface area contributed by atoms with Gasteiger partial charge >= 0.3 is 0 Å². The van der Waals surface area contributed by atoms with Gasteiger partial charge in [-0.2, -0.15) is 0 Å². The van der Waals surface area contributed by atoms with E-state index >= 15 is 0 Å². The predicted octanol–water partition coefficient (Wildman–Crippen LogP) is 3.59. The highest BCUT2D eigenvalue weighted by Crippen LogP contribution is 2.31. The molecule has 0 aliphatic carbocycles. The molecule has 86 valence electrons. The van der Waals surface area contributed by atoms with Crippen LogP contribution in [-0.4, -0.2) is 14.8 Å². The SMILES string of the molecule is CCC(C)(CC)n1c(Cl)nnc1C(C)C. The Labute approximate surface area is 96.8 Å². The van der Waals surface area contributed by atoms with Crippen molar-refractivity contribution in [3.05, 3.63) is 11.1 Å². The maximum Gasteiger partial charge on any atom is 0.225 e. The zero-order valence-electron chi connectivity index (χ0n) is 10.2. The van der Waals surface area contributed by atoms with E-state index in [4.69, 9.17) is 11.6 Å². The fourth-order valence-corrected chi connectivity index (χ4v) is 2.04. The van der Waals surface area contributed by atoms with Crippen molar-refractivity contribution in [2.75, 3.05) is 0 Å². The minimum absolute atomic E-state index is 0.0280. The monoisotopic (exact) mass is 229 g/mol. The van der Waals surface area contributed by atoms with Crippen LogP contribution >= 0.6 is 11.6 Å². The van der Waals surface area contributed by atoms with Crippen LogP contribution in [0, 0.1) is 0 Å². The van der Waals surface area contributed by atoms with Crippen molar-refractivity contribution in [1.29, 1.82) is 0 Å². The Kier molecular flexibility index (Phi) is 3.77. The zero-order valence-corrected chi connectivity index (χ0v) is 11.0. The molecule has 3 nitrogen and oxygen atoms in total. The average Bonchev–Trinajstić information content (AvgIpc) is 2.60. The zero-order chi connectivity index (χ0) is 11.6. The van der Waals surface area contributed by atoms with Crippen LogP contribution in [0.3, 0.4) is 0 Å². The topological polar surface area (TPSA) is 30.7 Å². The molecule has 0 fully saturated rings. The first-order valence-electron chi connectivity index (χ1n) is 5.57. The lowest BCUT2D eigenvalue weighted by Crippen LogP contribution is -2.30. The summed E-state index contributed by atoms with van der Waals surface area (Å²) in [4.78, 5) is 0. The van der Waals surface area contributed by atoms with Gasteiger partial charge < -0.3 is 0 Å². The van der Waals surface area contributed by atoms with E-state index in [0.717, 1.165) is 18.7 Å². The number of halogens is 1. The van der Waals surface area contributed by atoms with Crippen molar-refractivity contribution in [2.24, 2.45) is 0 Å². The first-order valence-corrected chi connectivity index (χ1v) is 5.95. The Balaban J connectivity index is 3.27. The minimum atomic E-state index is 0.0280. The highest BCUT2D eigenvalue weighted by Gasteiger charge is 2.28. The lowest BCUT2D eigenvalue weighted by atomic mass is 9.94. The van der Waals surface area contributed by atoms with Crippen LogP contribution in [0.2, 0.25) is 5.28 Å². The maximum absolute atomic E-state index is 6.12. The molecule has 0 amide bonds. The van der Waals surface area contributed by atoms with Gasteiger partial charge in [0.2, 0.25) is 5.28 Å². The Morgan fingerprint density at radius 1 is 1.27 bits per heavy atom. The van der Waals surface area contributed by atoms with Crippen LogP contribution in [0.25, 0.3) is 0 Å². The van der Waals surface area contributed by atoms with Gasteiger partial charge in [0.05, 0.1) is 0 Å². The molecule has 1 aromatic heterocycles. The van der Waals surface area contributed by atoms with Crippen LogP contribution in [0.1, 0.15) is 59.2 Å². The number of rotatable bonds is 4. The first-order chi connectivity index (χ1) is 6.96. The number of nitrogens with zero attached hydrogens (tertiary/aromatic N) is 3. The molecule has 0 aliphatic rings. The summed E-state index contributed by atoms with van der Waals surface area (Å²) in [7, 11) is 0. The summed E-state index contributed by atoms with van der Waals surface area (Å²) in [6, 6.07) is 0. The quantitative estimate of drug-likeness (QED) is 0.790. The molecule has 4 heteroatoms. The molecule has 0 aliphatic heterocycles. The van der Waals surface area contributed by atoms with Crippen LogP contribution in [-0.2, 0) is 5.54 Å². The van der Waals surface area contributed by atoms with E-state index in [2.05, 4.69) is 49.4 Å². The third kappa shape index (κ3) is 2.17. The molecule has 0 unspecified atom stereocenters. The van der Waals surface area contributed by atoms with Crippen LogP contribution < -0.4 is 0 Å². The Morgan fingerprint density at radius 2 is 1.80 bits per heavy atom. The lowest BCUT2D eigenvalue weighted by molar-refractivity contribution is 0.282. The summed E-state index contributed by atoms with van der Waals surface area (Å²) >= 11 is 6.12. The predicted molar refractivity (Wildman–Crippen MR) is 63.4 cm³/mol. The van der Waals surface area contributed by atoms with Gasteiger partial charge in [-0.25, -0.2) is 0 Å². The van der Waals surface area contributed by atoms with Crippen molar-refractivity contribution < 1.29 is 0 Å². The van der Waals surface area contributed by atoms with Crippen molar-refractivity contribution in [1.82, 2.24) is 14.8 Å². The van der Waals surface area contributed by atoms with Gasteiger partial charge in [0.15, 0.2) is 0 Å². The summed E-state index contributed by atoms with van der Waals surface area (Å²) in [5.41, 5.74) is 0.0280. The Hall–Kier alpha value is -0.570. The highest BCUT2D eigenvalue weighted by atomic mass is 35.5. The maximum atomic E-state index is 6.12. The van der Waals surface area contributed by atoms with Gasteiger partial charge in [-0.15, -0.1) is 10.2 Å². The van der Waals surface area contributed by atoms with Gasteiger partial charge in [0.1, 0.15) is 5.82 Å². The smallest absolute Gasteiger partial charge is 0.225 e. The molecule has 1 rings (SSSR count). The molecule has 0 spiro atoms. The molecule has 1 aromatic rings. The molecule has 0 saturated heterocycles. The third-order valence-corrected chi connectivity index (χ3v) is 3.47. The van der Waals surface area contributed by atoms with Crippen molar-refractivity contribution in [3.63, 3.8) is 0 Å². The summed E-state index contributed by atoms with van der Waals surface area (Å²) in [5, 5.41) is 8.64. The molecule has 15 heavy (non-hydrogen) atoms. The van der Waals surface area contributed by atoms with Crippen LogP contribution in [0.4, 0.5) is 0 Å². The van der Waals surface area contributed by atoms with Gasteiger partial charge in [0.25, 0.3) is 0 Å². The van der Waals surface area contributed by atoms with Crippen molar-refractivity contribution in [3.8, 4) is 0 Å². The Morgan fingerprint density at radius 3 is 2.20 bits per heavy atom. The Bertz CT molecular complexity index is 327. The van der Waals surface area contributed by atoms with E-state index < -0.39 is 0 Å². The summed E-state index contributed by atoms with van der Waals surface area (Å²) in [6.07, 6.45) is 2.06. The van der Waals surface area contributed by atoms with E-state index in [1.807, 2.05) is 0 Å². The van der Waals surface area contributed by atoms with Gasteiger partial charge in [0, 0.05) is 11.5 Å². The van der Waals surface area contributed by atoms with Gasteiger partial charge in [-0.3, -0.25) is 4.57 Å².